The summed E-state index contributed by atoms with van der Waals surface area (Å²) in [4.78, 5) is 13.4. The van der Waals surface area contributed by atoms with E-state index in [0.29, 0.717) is 12.1 Å². The summed E-state index contributed by atoms with van der Waals surface area (Å²) in [7, 11) is 3.47. The summed E-state index contributed by atoms with van der Waals surface area (Å²) >= 11 is 0. The fourth-order valence-corrected chi connectivity index (χ4v) is 1.32. The van der Waals surface area contributed by atoms with Crippen molar-refractivity contribution in [2.24, 2.45) is 5.73 Å². The predicted molar refractivity (Wildman–Crippen MR) is 65.1 cm³/mol. The van der Waals surface area contributed by atoms with Crippen LogP contribution >= 0.6 is 0 Å². The molecule has 1 aromatic carbocycles. The number of rotatable bonds is 1. The van der Waals surface area contributed by atoms with Gasteiger partial charge in [-0.05, 0) is 24.6 Å². The zero-order chi connectivity index (χ0) is 12.1. The van der Waals surface area contributed by atoms with Crippen LogP contribution in [0.15, 0.2) is 18.2 Å². The molecule has 0 saturated carbocycles. The zero-order valence-corrected chi connectivity index (χ0v) is 9.87. The van der Waals surface area contributed by atoms with Gasteiger partial charge in [0.1, 0.15) is 0 Å². The van der Waals surface area contributed by atoms with Crippen LogP contribution in [0.2, 0.25) is 0 Å². The number of carbonyl (C=O) groups excluding carboxylic acids is 1. The Morgan fingerprint density at radius 1 is 1.44 bits per heavy atom. The Bertz CT molecular complexity index is 453. The van der Waals surface area contributed by atoms with Crippen molar-refractivity contribution in [2.75, 3.05) is 20.6 Å². The molecule has 1 aromatic rings. The van der Waals surface area contributed by atoms with Gasteiger partial charge in [0.2, 0.25) is 0 Å². The molecule has 0 unspecified atom stereocenters. The molecule has 0 bridgehead atoms. The first kappa shape index (κ1) is 12.3. The Morgan fingerprint density at radius 2 is 2.12 bits per heavy atom. The van der Waals surface area contributed by atoms with E-state index < -0.39 is 0 Å². The van der Waals surface area contributed by atoms with Crippen molar-refractivity contribution in [1.29, 1.82) is 0 Å². The minimum atomic E-state index is -0.00565. The van der Waals surface area contributed by atoms with Gasteiger partial charge < -0.3 is 10.6 Å². The van der Waals surface area contributed by atoms with Crippen LogP contribution in [0.4, 0.5) is 0 Å². The number of amides is 1. The number of carbonyl (C=O) groups is 1. The summed E-state index contributed by atoms with van der Waals surface area (Å²) < 4.78 is 0. The summed E-state index contributed by atoms with van der Waals surface area (Å²) in [6.07, 6.45) is 0. The molecule has 0 fully saturated rings. The molecule has 0 heterocycles. The van der Waals surface area contributed by atoms with Crippen LogP contribution in [0.25, 0.3) is 0 Å². The highest BCUT2D eigenvalue weighted by atomic mass is 16.2. The SMILES string of the molecule is Cc1ccc(C#CCN)cc1C(=O)N(C)C. The summed E-state index contributed by atoms with van der Waals surface area (Å²) in [5.41, 5.74) is 7.77. The maximum atomic E-state index is 11.8. The lowest BCUT2D eigenvalue weighted by Crippen LogP contribution is -2.22. The van der Waals surface area contributed by atoms with E-state index in [1.807, 2.05) is 19.1 Å². The summed E-state index contributed by atoms with van der Waals surface area (Å²) in [5, 5.41) is 0. The molecule has 1 amide bonds. The van der Waals surface area contributed by atoms with Gasteiger partial charge in [-0.1, -0.05) is 17.9 Å². The highest BCUT2D eigenvalue weighted by molar-refractivity contribution is 5.95. The average molecular weight is 216 g/mol. The van der Waals surface area contributed by atoms with Gasteiger partial charge in [-0.2, -0.15) is 0 Å². The van der Waals surface area contributed by atoms with Crippen LogP contribution in [0.5, 0.6) is 0 Å². The van der Waals surface area contributed by atoms with Gasteiger partial charge >= 0.3 is 0 Å². The summed E-state index contributed by atoms with van der Waals surface area (Å²) in [6, 6.07) is 5.60. The number of benzene rings is 1. The molecular weight excluding hydrogens is 200 g/mol. The van der Waals surface area contributed by atoms with Gasteiger partial charge in [-0.15, -0.1) is 0 Å². The number of nitrogens with zero attached hydrogens (tertiary/aromatic N) is 1. The molecule has 0 aliphatic heterocycles. The van der Waals surface area contributed by atoms with Gasteiger partial charge in [0.15, 0.2) is 0 Å². The Labute approximate surface area is 96.2 Å². The van der Waals surface area contributed by atoms with Crippen molar-refractivity contribution in [3.05, 3.63) is 34.9 Å². The van der Waals surface area contributed by atoms with Gasteiger partial charge in [0.25, 0.3) is 5.91 Å². The van der Waals surface area contributed by atoms with Gasteiger partial charge in [-0.3, -0.25) is 4.79 Å². The first-order chi connectivity index (χ1) is 7.56. The lowest BCUT2D eigenvalue weighted by atomic mass is 10.0. The van der Waals surface area contributed by atoms with Crippen LogP contribution in [0.1, 0.15) is 21.5 Å². The quantitative estimate of drug-likeness (QED) is 0.712. The predicted octanol–water partition coefficient (Wildman–Crippen LogP) is 1.01. The number of aryl methyl sites for hydroxylation is 1. The smallest absolute Gasteiger partial charge is 0.253 e. The Balaban J connectivity index is 3.13. The molecule has 16 heavy (non-hydrogen) atoms. The Kier molecular flexibility index (Phi) is 4.10. The second kappa shape index (κ2) is 5.34. The van der Waals surface area contributed by atoms with E-state index in [4.69, 9.17) is 5.73 Å². The molecule has 0 saturated heterocycles. The molecule has 1 rings (SSSR count). The van der Waals surface area contributed by atoms with E-state index in [-0.39, 0.29) is 5.91 Å². The Hall–Kier alpha value is -1.79. The third kappa shape index (κ3) is 2.85. The number of nitrogens with two attached hydrogens (primary N) is 1. The minimum absolute atomic E-state index is 0.00565. The fourth-order valence-electron chi connectivity index (χ4n) is 1.32. The largest absolute Gasteiger partial charge is 0.345 e. The van der Waals surface area contributed by atoms with Crippen molar-refractivity contribution in [1.82, 2.24) is 4.90 Å². The first-order valence-corrected chi connectivity index (χ1v) is 5.07. The number of hydrogen-bond donors (Lipinski definition) is 1. The van der Waals surface area contributed by atoms with Crippen molar-refractivity contribution in [2.45, 2.75) is 6.92 Å². The average Bonchev–Trinajstić information content (AvgIpc) is 2.27. The third-order valence-electron chi connectivity index (χ3n) is 2.21. The van der Waals surface area contributed by atoms with Crippen LogP contribution in [-0.2, 0) is 0 Å². The molecule has 0 atom stereocenters. The van der Waals surface area contributed by atoms with E-state index in [9.17, 15) is 4.79 Å². The maximum absolute atomic E-state index is 11.8. The molecule has 0 aliphatic carbocycles. The molecular formula is C13H16N2O. The minimum Gasteiger partial charge on any atom is -0.345 e. The monoisotopic (exact) mass is 216 g/mol. The molecule has 3 nitrogen and oxygen atoms in total. The van der Waals surface area contributed by atoms with Crippen molar-refractivity contribution >= 4 is 5.91 Å². The van der Waals surface area contributed by atoms with Crippen molar-refractivity contribution in [3.63, 3.8) is 0 Å². The van der Waals surface area contributed by atoms with Gasteiger partial charge in [0.05, 0.1) is 6.54 Å². The van der Waals surface area contributed by atoms with Crippen molar-refractivity contribution < 1.29 is 4.79 Å². The molecule has 0 radical (unpaired) electrons. The van der Waals surface area contributed by atoms with E-state index in [2.05, 4.69) is 11.8 Å². The molecule has 0 aromatic heterocycles. The number of hydrogen-bond acceptors (Lipinski definition) is 2. The molecule has 84 valence electrons. The van der Waals surface area contributed by atoms with Crippen LogP contribution in [0, 0.1) is 18.8 Å². The van der Waals surface area contributed by atoms with Gasteiger partial charge in [0, 0.05) is 25.2 Å². The standard InChI is InChI=1S/C13H16N2O/c1-10-6-7-11(5-4-8-14)9-12(10)13(16)15(2)3/h6-7,9H,8,14H2,1-3H3. The topological polar surface area (TPSA) is 46.3 Å². The lowest BCUT2D eigenvalue weighted by Gasteiger charge is -2.12. The fraction of sp³-hybridized carbons (Fsp3) is 0.308. The lowest BCUT2D eigenvalue weighted by molar-refractivity contribution is 0.0827. The van der Waals surface area contributed by atoms with E-state index in [1.165, 1.54) is 0 Å². The second-order valence-electron chi connectivity index (χ2n) is 3.74. The zero-order valence-electron chi connectivity index (χ0n) is 9.87. The molecule has 2 N–H and O–H groups in total. The van der Waals surface area contributed by atoms with Crippen LogP contribution in [-0.4, -0.2) is 31.4 Å². The molecule has 0 spiro atoms. The maximum Gasteiger partial charge on any atom is 0.253 e. The normalized spacial score (nSPS) is 9.25. The van der Waals surface area contributed by atoms with E-state index in [0.717, 1.165) is 11.1 Å². The second-order valence-corrected chi connectivity index (χ2v) is 3.74. The molecule has 0 aliphatic rings. The summed E-state index contributed by atoms with van der Waals surface area (Å²) in [5.74, 6) is 5.69. The molecule has 3 heteroatoms. The van der Waals surface area contributed by atoms with Crippen molar-refractivity contribution in [3.8, 4) is 11.8 Å². The van der Waals surface area contributed by atoms with E-state index in [1.54, 1.807) is 25.1 Å². The van der Waals surface area contributed by atoms with E-state index >= 15 is 0 Å². The van der Waals surface area contributed by atoms with Crippen LogP contribution in [0.3, 0.4) is 0 Å². The highest BCUT2D eigenvalue weighted by Crippen LogP contribution is 2.12. The third-order valence-corrected chi connectivity index (χ3v) is 2.21. The van der Waals surface area contributed by atoms with Crippen LogP contribution < -0.4 is 5.73 Å². The van der Waals surface area contributed by atoms with Gasteiger partial charge in [-0.25, -0.2) is 0 Å². The first-order valence-electron chi connectivity index (χ1n) is 5.07. The Morgan fingerprint density at radius 3 is 2.69 bits per heavy atom. The highest BCUT2D eigenvalue weighted by Gasteiger charge is 2.10. The summed E-state index contributed by atoms with van der Waals surface area (Å²) in [6.45, 7) is 2.24.